The third-order valence-corrected chi connectivity index (χ3v) is 3.74. The second-order valence-electron chi connectivity index (χ2n) is 5.35. The molecule has 0 heterocycles. The van der Waals surface area contributed by atoms with Crippen LogP contribution in [-0.2, 0) is 11.2 Å². The van der Waals surface area contributed by atoms with Gasteiger partial charge < -0.3 is 11.1 Å². The highest BCUT2D eigenvalue weighted by atomic mass is 16.2. The average Bonchev–Trinajstić information content (AvgIpc) is 3.10. The first-order valence-electron chi connectivity index (χ1n) is 6.74. The molecule has 18 heavy (non-hydrogen) atoms. The minimum atomic E-state index is -0.390. The molecule has 0 aromatic heterocycles. The van der Waals surface area contributed by atoms with E-state index in [1.165, 1.54) is 12.0 Å². The van der Waals surface area contributed by atoms with E-state index in [0.717, 1.165) is 18.9 Å². The second-order valence-corrected chi connectivity index (χ2v) is 5.35. The highest BCUT2D eigenvalue weighted by Crippen LogP contribution is 2.36. The molecule has 1 aliphatic rings. The summed E-state index contributed by atoms with van der Waals surface area (Å²) in [6.07, 6.45) is 2.80. The SMILES string of the molecule is CC1CC1CNC(=O)C(N)CCc1ccccc1. The van der Waals surface area contributed by atoms with Gasteiger partial charge in [-0.3, -0.25) is 4.79 Å². The molecule has 2 rings (SSSR count). The predicted octanol–water partition coefficient (Wildman–Crippen LogP) is 1.72. The minimum Gasteiger partial charge on any atom is -0.354 e. The third kappa shape index (κ3) is 3.84. The predicted molar refractivity (Wildman–Crippen MR) is 73.0 cm³/mol. The van der Waals surface area contributed by atoms with Crippen molar-refractivity contribution in [2.24, 2.45) is 17.6 Å². The highest BCUT2D eigenvalue weighted by Gasteiger charge is 2.32. The zero-order valence-electron chi connectivity index (χ0n) is 10.9. The molecule has 0 aliphatic heterocycles. The summed E-state index contributed by atoms with van der Waals surface area (Å²) in [4.78, 5) is 11.8. The van der Waals surface area contributed by atoms with Gasteiger partial charge in [0, 0.05) is 6.54 Å². The second kappa shape index (κ2) is 6.01. The molecule has 1 fully saturated rings. The molecule has 0 saturated heterocycles. The van der Waals surface area contributed by atoms with Gasteiger partial charge in [0.05, 0.1) is 6.04 Å². The van der Waals surface area contributed by atoms with Crippen molar-refractivity contribution in [1.82, 2.24) is 5.32 Å². The topological polar surface area (TPSA) is 55.1 Å². The van der Waals surface area contributed by atoms with E-state index in [9.17, 15) is 4.79 Å². The van der Waals surface area contributed by atoms with E-state index in [4.69, 9.17) is 5.73 Å². The van der Waals surface area contributed by atoms with E-state index in [2.05, 4.69) is 24.4 Å². The van der Waals surface area contributed by atoms with Gasteiger partial charge in [0.15, 0.2) is 0 Å². The monoisotopic (exact) mass is 246 g/mol. The maximum absolute atomic E-state index is 11.8. The van der Waals surface area contributed by atoms with Gasteiger partial charge in [0.2, 0.25) is 5.91 Å². The minimum absolute atomic E-state index is 0.00923. The number of carbonyl (C=O) groups excluding carboxylic acids is 1. The summed E-state index contributed by atoms with van der Waals surface area (Å²) in [5.74, 6) is 1.44. The zero-order valence-corrected chi connectivity index (χ0v) is 10.9. The van der Waals surface area contributed by atoms with Gasteiger partial charge in [-0.15, -0.1) is 0 Å². The first kappa shape index (κ1) is 13.1. The fourth-order valence-corrected chi connectivity index (χ4v) is 2.14. The van der Waals surface area contributed by atoms with Crippen LogP contribution in [0.5, 0.6) is 0 Å². The van der Waals surface area contributed by atoms with Crippen LogP contribution in [0, 0.1) is 11.8 Å². The Kier molecular flexibility index (Phi) is 4.37. The van der Waals surface area contributed by atoms with Crippen LogP contribution >= 0.6 is 0 Å². The Bertz CT molecular complexity index is 391. The van der Waals surface area contributed by atoms with Gasteiger partial charge >= 0.3 is 0 Å². The van der Waals surface area contributed by atoms with Crippen molar-refractivity contribution in [3.8, 4) is 0 Å². The van der Waals surface area contributed by atoms with Crippen LogP contribution < -0.4 is 11.1 Å². The Hall–Kier alpha value is -1.35. The van der Waals surface area contributed by atoms with Crippen molar-refractivity contribution in [1.29, 1.82) is 0 Å². The fourth-order valence-electron chi connectivity index (χ4n) is 2.14. The van der Waals surface area contributed by atoms with Crippen LogP contribution in [0.15, 0.2) is 30.3 Å². The summed E-state index contributed by atoms with van der Waals surface area (Å²) in [7, 11) is 0. The number of nitrogens with one attached hydrogen (secondary N) is 1. The summed E-state index contributed by atoms with van der Waals surface area (Å²) < 4.78 is 0. The number of amides is 1. The van der Waals surface area contributed by atoms with Gasteiger partial charge in [0.25, 0.3) is 0 Å². The smallest absolute Gasteiger partial charge is 0.236 e. The quantitative estimate of drug-likeness (QED) is 0.803. The van der Waals surface area contributed by atoms with Gasteiger partial charge in [0.1, 0.15) is 0 Å². The van der Waals surface area contributed by atoms with E-state index in [1.54, 1.807) is 0 Å². The van der Waals surface area contributed by atoms with Crippen LogP contribution in [-0.4, -0.2) is 18.5 Å². The van der Waals surface area contributed by atoms with Gasteiger partial charge in [-0.25, -0.2) is 0 Å². The lowest BCUT2D eigenvalue weighted by atomic mass is 10.1. The molecule has 98 valence electrons. The molecule has 3 nitrogen and oxygen atoms in total. The van der Waals surface area contributed by atoms with E-state index in [-0.39, 0.29) is 11.9 Å². The lowest BCUT2D eigenvalue weighted by Crippen LogP contribution is -2.41. The average molecular weight is 246 g/mol. The molecule has 3 N–H and O–H groups in total. The van der Waals surface area contributed by atoms with E-state index >= 15 is 0 Å². The first-order valence-corrected chi connectivity index (χ1v) is 6.74. The van der Waals surface area contributed by atoms with Gasteiger partial charge in [-0.05, 0) is 36.7 Å². The number of hydrogen-bond donors (Lipinski definition) is 2. The molecule has 1 saturated carbocycles. The first-order chi connectivity index (χ1) is 8.66. The molecule has 0 bridgehead atoms. The summed E-state index contributed by atoms with van der Waals surface area (Å²) in [6.45, 7) is 3.01. The lowest BCUT2D eigenvalue weighted by molar-refractivity contribution is -0.122. The summed E-state index contributed by atoms with van der Waals surface area (Å²) in [5.41, 5.74) is 7.13. The van der Waals surface area contributed by atoms with Crippen molar-refractivity contribution in [2.45, 2.75) is 32.2 Å². The number of rotatable bonds is 6. The Balaban J connectivity index is 1.67. The molecular formula is C15H22N2O. The molecular weight excluding hydrogens is 224 g/mol. The molecule has 3 unspecified atom stereocenters. The summed E-state index contributed by atoms with van der Waals surface area (Å²) in [5, 5.41) is 2.95. The van der Waals surface area contributed by atoms with Crippen molar-refractivity contribution in [3.63, 3.8) is 0 Å². The largest absolute Gasteiger partial charge is 0.354 e. The molecule has 1 aromatic carbocycles. The van der Waals surface area contributed by atoms with Crippen molar-refractivity contribution in [2.75, 3.05) is 6.54 Å². The Morgan fingerprint density at radius 1 is 1.44 bits per heavy atom. The van der Waals surface area contributed by atoms with Crippen LogP contribution in [0.3, 0.4) is 0 Å². The van der Waals surface area contributed by atoms with E-state index < -0.39 is 0 Å². The third-order valence-electron chi connectivity index (χ3n) is 3.74. The Morgan fingerprint density at radius 3 is 2.72 bits per heavy atom. The number of carbonyl (C=O) groups is 1. The van der Waals surface area contributed by atoms with Gasteiger partial charge in [-0.1, -0.05) is 37.3 Å². The maximum Gasteiger partial charge on any atom is 0.236 e. The Labute approximate surface area is 109 Å². The molecule has 1 aromatic rings. The fraction of sp³-hybridized carbons (Fsp3) is 0.533. The standard InChI is InChI=1S/C15H22N2O/c1-11-9-13(11)10-17-15(18)14(16)8-7-12-5-3-2-4-6-12/h2-6,11,13-14H,7-10,16H2,1H3,(H,17,18). The molecule has 3 heteroatoms. The van der Waals surface area contributed by atoms with Crippen LogP contribution in [0.4, 0.5) is 0 Å². The number of nitrogens with two attached hydrogens (primary N) is 1. The Morgan fingerprint density at radius 2 is 2.11 bits per heavy atom. The number of benzene rings is 1. The normalized spacial score (nSPS) is 23.4. The molecule has 1 amide bonds. The molecule has 1 aliphatic carbocycles. The molecule has 0 spiro atoms. The number of hydrogen-bond acceptors (Lipinski definition) is 2. The van der Waals surface area contributed by atoms with E-state index in [1.807, 2.05) is 18.2 Å². The molecule has 3 atom stereocenters. The van der Waals surface area contributed by atoms with Crippen molar-refractivity contribution < 1.29 is 4.79 Å². The maximum atomic E-state index is 11.8. The van der Waals surface area contributed by atoms with Gasteiger partial charge in [-0.2, -0.15) is 0 Å². The van der Waals surface area contributed by atoms with E-state index in [0.29, 0.717) is 12.3 Å². The molecule has 0 radical (unpaired) electrons. The van der Waals surface area contributed by atoms with Crippen LogP contribution in [0.25, 0.3) is 0 Å². The summed E-state index contributed by atoms with van der Waals surface area (Å²) >= 11 is 0. The van der Waals surface area contributed by atoms with Crippen molar-refractivity contribution in [3.05, 3.63) is 35.9 Å². The van der Waals surface area contributed by atoms with Crippen LogP contribution in [0.1, 0.15) is 25.3 Å². The zero-order chi connectivity index (χ0) is 13.0. The lowest BCUT2D eigenvalue weighted by Gasteiger charge is -2.12. The van der Waals surface area contributed by atoms with Crippen molar-refractivity contribution >= 4 is 5.91 Å². The number of aryl methyl sites for hydroxylation is 1. The highest BCUT2D eigenvalue weighted by molar-refractivity contribution is 5.81. The van der Waals surface area contributed by atoms with Crippen LogP contribution in [0.2, 0.25) is 0 Å². The summed E-state index contributed by atoms with van der Waals surface area (Å²) in [6, 6.07) is 9.75.